The Morgan fingerprint density at radius 1 is 1.60 bits per heavy atom. The van der Waals surface area contributed by atoms with Crippen LogP contribution in [0.25, 0.3) is 0 Å². The molecule has 0 unspecified atom stereocenters. The van der Waals surface area contributed by atoms with Crippen LogP contribution in [0.4, 0.5) is 0 Å². The van der Waals surface area contributed by atoms with Crippen LogP contribution in [0.1, 0.15) is 19.8 Å². The van der Waals surface area contributed by atoms with Crippen LogP contribution in [-0.2, 0) is 0 Å². The molecule has 0 atom stereocenters. The van der Waals surface area contributed by atoms with E-state index >= 15 is 0 Å². The lowest BCUT2D eigenvalue weighted by atomic mass is 10.0. The molecule has 1 rings (SSSR count). The van der Waals surface area contributed by atoms with Crippen molar-refractivity contribution < 1.29 is 5.11 Å². The quantitative estimate of drug-likeness (QED) is 0.566. The molecule has 54 valence electrons. The van der Waals surface area contributed by atoms with Gasteiger partial charge in [0, 0.05) is 6.42 Å². The van der Waals surface area contributed by atoms with E-state index in [1.165, 1.54) is 0 Å². The average Bonchev–Trinajstić information content (AvgIpc) is 1.94. The van der Waals surface area contributed by atoms with Gasteiger partial charge in [0.05, 0.1) is 0 Å². The average molecular weight is 139 g/mol. The van der Waals surface area contributed by atoms with Crippen molar-refractivity contribution in [3.63, 3.8) is 0 Å². The van der Waals surface area contributed by atoms with Gasteiger partial charge in [-0.05, 0) is 24.6 Å². The molecule has 10 heavy (non-hydrogen) atoms. The van der Waals surface area contributed by atoms with Gasteiger partial charge in [0.25, 0.3) is 0 Å². The van der Waals surface area contributed by atoms with Gasteiger partial charge < -0.3 is 5.11 Å². The zero-order valence-corrected chi connectivity index (χ0v) is 5.79. The van der Waals surface area contributed by atoms with E-state index in [1.807, 2.05) is 6.92 Å². The summed E-state index contributed by atoms with van der Waals surface area (Å²) in [4.78, 5) is 10.0. The SMILES string of the molecule is CC1=CC(N=O)=C(O)CC1. The fourth-order valence-corrected chi connectivity index (χ4v) is 0.912. The summed E-state index contributed by atoms with van der Waals surface area (Å²) in [6, 6.07) is 0. The first-order chi connectivity index (χ1) is 4.74. The van der Waals surface area contributed by atoms with Crippen LogP contribution in [0.5, 0.6) is 0 Å². The number of nitrogens with zero attached hydrogens (tertiary/aromatic N) is 1. The standard InChI is InChI=1S/C7H9NO2/c1-5-2-3-7(9)6(4-5)8-10/h4,9H,2-3H2,1H3. The molecule has 0 spiro atoms. The van der Waals surface area contributed by atoms with Crippen molar-refractivity contribution >= 4 is 0 Å². The minimum atomic E-state index is 0.112. The van der Waals surface area contributed by atoms with Gasteiger partial charge in [0.2, 0.25) is 0 Å². The van der Waals surface area contributed by atoms with Crippen LogP contribution in [0.3, 0.4) is 0 Å². The summed E-state index contributed by atoms with van der Waals surface area (Å²) in [7, 11) is 0. The Kier molecular flexibility index (Phi) is 1.85. The molecule has 1 N–H and O–H groups in total. The third kappa shape index (κ3) is 1.23. The van der Waals surface area contributed by atoms with E-state index in [1.54, 1.807) is 6.08 Å². The Balaban J connectivity index is 2.92. The molecule has 3 nitrogen and oxygen atoms in total. The number of allylic oxidation sites excluding steroid dienone is 3. The van der Waals surface area contributed by atoms with Crippen LogP contribution >= 0.6 is 0 Å². The molecule has 0 radical (unpaired) electrons. The minimum absolute atomic E-state index is 0.112. The molecular weight excluding hydrogens is 130 g/mol. The normalized spacial score (nSPS) is 18.7. The van der Waals surface area contributed by atoms with Crippen molar-refractivity contribution in [3.05, 3.63) is 28.0 Å². The monoisotopic (exact) mass is 139 g/mol. The van der Waals surface area contributed by atoms with Crippen LogP contribution in [-0.4, -0.2) is 5.11 Å². The third-order valence-corrected chi connectivity index (χ3v) is 1.53. The predicted molar refractivity (Wildman–Crippen MR) is 38.4 cm³/mol. The van der Waals surface area contributed by atoms with Gasteiger partial charge in [0.15, 0.2) is 0 Å². The molecule has 0 heterocycles. The lowest BCUT2D eigenvalue weighted by Gasteiger charge is -2.07. The molecule has 0 aromatic carbocycles. The minimum Gasteiger partial charge on any atom is -0.510 e. The summed E-state index contributed by atoms with van der Waals surface area (Å²) in [5.74, 6) is 0.112. The van der Waals surface area contributed by atoms with Gasteiger partial charge in [-0.3, -0.25) is 0 Å². The van der Waals surface area contributed by atoms with E-state index in [2.05, 4.69) is 5.18 Å². The summed E-state index contributed by atoms with van der Waals surface area (Å²) < 4.78 is 0. The molecule has 0 saturated heterocycles. The molecule has 0 aromatic heterocycles. The predicted octanol–water partition coefficient (Wildman–Crippen LogP) is 2.26. The van der Waals surface area contributed by atoms with Gasteiger partial charge in [-0.15, -0.1) is 4.91 Å². The first-order valence-electron chi connectivity index (χ1n) is 3.16. The number of hydrogen-bond donors (Lipinski definition) is 1. The Morgan fingerprint density at radius 3 is 2.80 bits per heavy atom. The number of hydrogen-bond acceptors (Lipinski definition) is 3. The first kappa shape index (κ1) is 6.99. The maximum absolute atomic E-state index is 10.0. The first-order valence-corrected chi connectivity index (χ1v) is 3.16. The Bertz CT molecular complexity index is 216. The summed E-state index contributed by atoms with van der Waals surface area (Å²) in [6.07, 6.45) is 2.99. The second-order valence-corrected chi connectivity index (χ2v) is 2.41. The van der Waals surface area contributed by atoms with Crippen LogP contribution in [0.15, 0.2) is 28.3 Å². The molecule has 0 amide bonds. The summed E-state index contributed by atoms with van der Waals surface area (Å²) >= 11 is 0. The van der Waals surface area contributed by atoms with E-state index in [-0.39, 0.29) is 11.5 Å². The molecule has 0 aromatic rings. The van der Waals surface area contributed by atoms with E-state index < -0.39 is 0 Å². The summed E-state index contributed by atoms with van der Waals surface area (Å²) in [6.45, 7) is 1.91. The molecule has 0 fully saturated rings. The molecule has 3 heteroatoms. The second-order valence-electron chi connectivity index (χ2n) is 2.41. The fraction of sp³-hybridized carbons (Fsp3) is 0.429. The van der Waals surface area contributed by atoms with Gasteiger partial charge in [-0.2, -0.15) is 0 Å². The molecule has 0 saturated carbocycles. The van der Waals surface area contributed by atoms with Gasteiger partial charge in [-0.1, -0.05) is 5.57 Å². The number of aliphatic hydroxyl groups excluding tert-OH is 1. The van der Waals surface area contributed by atoms with Gasteiger partial charge >= 0.3 is 0 Å². The zero-order chi connectivity index (χ0) is 7.56. The van der Waals surface area contributed by atoms with Crippen LogP contribution in [0, 0.1) is 4.91 Å². The lowest BCUT2D eigenvalue weighted by molar-refractivity contribution is 0.379. The van der Waals surface area contributed by atoms with Crippen LogP contribution < -0.4 is 0 Å². The molecule has 0 aliphatic heterocycles. The fourth-order valence-electron chi connectivity index (χ4n) is 0.912. The van der Waals surface area contributed by atoms with E-state index in [0.717, 1.165) is 12.0 Å². The maximum Gasteiger partial charge on any atom is 0.145 e. The molecule has 1 aliphatic rings. The Morgan fingerprint density at radius 2 is 2.30 bits per heavy atom. The van der Waals surface area contributed by atoms with Crippen molar-refractivity contribution in [3.8, 4) is 0 Å². The van der Waals surface area contributed by atoms with E-state index in [0.29, 0.717) is 6.42 Å². The number of nitroso groups, excluding NO2 is 1. The second kappa shape index (κ2) is 2.64. The Labute approximate surface area is 59.0 Å². The van der Waals surface area contributed by atoms with Crippen molar-refractivity contribution in [1.29, 1.82) is 0 Å². The number of aliphatic hydroxyl groups is 1. The molecule has 0 bridgehead atoms. The summed E-state index contributed by atoms with van der Waals surface area (Å²) in [5, 5.41) is 11.7. The highest BCUT2D eigenvalue weighted by atomic mass is 16.3. The number of rotatable bonds is 1. The van der Waals surface area contributed by atoms with Crippen LogP contribution in [0.2, 0.25) is 0 Å². The highest BCUT2D eigenvalue weighted by molar-refractivity contribution is 5.28. The molecule has 1 aliphatic carbocycles. The largest absolute Gasteiger partial charge is 0.510 e. The van der Waals surface area contributed by atoms with Gasteiger partial charge in [0.1, 0.15) is 11.5 Å². The smallest absolute Gasteiger partial charge is 0.145 e. The van der Waals surface area contributed by atoms with E-state index in [4.69, 9.17) is 5.11 Å². The highest BCUT2D eigenvalue weighted by Crippen LogP contribution is 2.21. The third-order valence-electron chi connectivity index (χ3n) is 1.53. The van der Waals surface area contributed by atoms with Gasteiger partial charge in [-0.25, -0.2) is 0 Å². The topological polar surface area (TPSA) is 49.7 Å². The lowest BCUT2D eigenvalue weighted by Crippen LogP contribution is -1.94. The summed E-state index contributed by atoms with van der Waals surface area (Å²) in [5.41, 5.74) is 1.27. The molecular formula is C7H9NO2. The zero-order valence-electron chi connectivity index (χ0n) is 5.79. The van der Waals surface area contributed by atoms with Crippen molar-refractivity contribution in [2.24, 2.45) is 5.18 Å². The van der Waals surface area contributed by atoms with Crippen molar-refractivity contribution in [2.45, 2.75) is 19.8 Å². The Hall–Kier alpha value is -1.12. The van der Waals surface area contributed by atoms with E-state index in [9.17, 15) is 4.91 Å². The van der Waals surface area contributed by atoms with Crippen molar-refractivity contribution in [2.75, 3.05) is 0 Å². The highest BCUT2D eigenvalue weighted by Gasteiger charge is 2.09. The van der Waals surface area contributed by atoms with Crippen molar-refractivity contribution in [1.82, 2.24) is 0 Å². The maximum atomic E-state index is 10.0.